The van der Waals surface area contributed by atoms with Crippen molar-refractivity contribution in [2.75, 3.05) is 19.6 Å². The van der Waals surface area contributed by atoms with Crippen LogP contribution in [0.4, 0.5) is 8.78 Å². The van der Waals surface area contributed by atoms with Crippen molar-refractivity contribution in [3.05, 3.63) is 0 Å². The third kappa shape index (κ3) is 3.13. The molecule has 0 amide bonds. The summed E-state index contributed by atoms with van der Waals surface area (Å²) in [6, 6.07) is 0. The average molecular weight is 219 g/mol. The van der Waals surface area contributed by atoms with E-state index in [1.54, 1.807) is 0 Å². The lowest BCUT2D eigenvalue weighted by molar-refractivity contribution is -0.0143. The van der Waals surface area contributed by atoms with E-state index in [1.807, 2.05) is 4.90 Å². The SMILES string of the molecule is CC(F)(F)CN1CCC(C)(C(C)(C)C)C1. The van der Waals surface area contributed by atoms with Crippen molar-refractivity contribution in [1.29, 1.82) is 0 Å². The van der Waals surface area contributed by atoms with Gasteiger partial charge in [-0.3, -0.25) is 4.90 Å². The van der Waals surface area contributed by atoms with E-state index in [2.05, 4.69) is 27.7 Å². The molecule has 0 saturated carbocycles. The number of rotatable bonds is 2. The molecule has 15 heavy (non-hydrogen) atoms. The molecular weight excluding hydrogens is 196 g/mol. The van der Waals surface area contributed by atoms with Gasteiger partial charge in [-0.1, -0.05) is 27.7 Å². The summed E-state index contributed by atoms with van der Waals surface area (Å²) in [7, 11) is 0. The molecule has 0 spiro atoms. The Kier molecular flexibility index (Phi) is 3.17. The molecule has 0 aromatic heterocycles. The zero-order valence-electron chi connectivity index (χ0n) is 10.5. The van der Waals surface area contributed by atoms with Crippen molar-refractivity contribution < 1.29 is 8.78 Å². The van der Waals surface area contributed by atoms with Crippen LogP contribution in [0.15, 0.2) is 0 Å². The fourth-order valence-corrected chi connectivity index (χ4v) is 2.20. The first-order valence-corrected chi connectivity index (χ1v) is 5.64. The first kappa shape index (κ1) is 12.9. The van der Waals surface area contributed by atoms with Gasteiger partial charge in [0.2, 0.25) is 0 Å². The molecule has 1 rings (SSSR count). The van der Waals surface area contributed by atoms with Crippen molar-refractivity contribution in [1.82, 2.24) is 4.90 Å². The molecule has 1 nitrogen and oxygen atoms in total. The van der Waals surface area contributed by atoms with Gasteiger partial charge in [-0.15, -0.1) is 0 Å². The number of hydrogen-bond acceptors (Lipinski definition) is 1. The summed E-state index contributed by atoms with van der Waals surface area (Å²) in [5, 5.41) is 0. The Morgan fingerprint density at radius 2 is 1.73 bits per heavy atom. The molecule has 0 radical (unpaired) electrons. The van der Waals surface area contributed by atoms with Crippen molar-refractivity contribution in [3.63, 3.8) is 0 Å². The molecule has 1 heterocycles. The van der Waals surface area contributed by atoms with E-state index in [4.69, 9.17) is 0 Å². The van der Waals surface area contributed by atoms with Crippen LogP contribution < -0.4 is 0 Å². The Bertz CT molecular complexity index is 227. The van der Waals surface area contributed by atoms with E-state index in [-0.39, 0.29) is 17.4 Å². The molecule has 0 aliphatic carbocycles. The van der Waals surface area contributed by atoms with Gasteiger partial charge in [-0.2, -0.15) is 0 Å². The van der Waals surface area contributed by atoms with Crippen LogP contribution in [0.2, 0.25) is 0 Å². The molecule has 0 bridgehead atoms. The molecule has 3 heteroatoms. The maximum absolute atomic E-state index is 12.9. The van der Waals surface area contributed by atoms with Gasteiger partial charge in [0, 0.05) is 13.5 Å². The molecule has 1 fully saturated rings. The van der Waals surface area contributed by atoms with Gasteiger partial charge in [0.05, 0.1) is 6.54 Å². The second-order valence-electron chi connectivity index (χ2n) is 6.34. The second-order valence-corrected chi connectivity index (χ2v) is 6.34. The smallest absolute Gasteiger partial charge is 0.257 e. The fraction of sp³-hybridized carbons (Fsp3) is 1.00. The summed E-state index contributed by atoms with van der Waals surface area (Å²) in [6.45, 7) is 11.3. The number of halogens is 2. The molecule has 1 saturated heterocycles. The quantitative estimate of drug-likeness (QED) is 0.688. The van der Waals surface area contributed by atoms with Gasteiger partial charge in [0.1, 0.15) is 0 Å². The predicted octanol–water partition coefficient (Wildman–Crippen LogP) is 3.40. The monoisotopic (exact) mass is 219 g/mol. The first-order valence-electron chi connectivity index (χ1n) is 5.64. The Labute approximate surface area is 91.8 Å². The van der Waals surface area contributed by atoms with Crippen LogP contribution in [0, 0.1) is 10.8 Å². The first-order chi connectivity index (χ1) is 6.54. The van der Waals surface area contributed by atoms with E-state index in [0.717, 1.165) is 26.4 Å². The lowest BCUT2D eigenvalue weighted by Crippen LogP contribution is -2.39. The summed E-state index contributed by atoms with van der Waals surface area (Å²) in [6.07, 6.45) is 1.02. The second kappa shape index (κ2) is 3.69. The molecule has 0 N–H and O–H groups in total. The fourth-order valence-electron chi connectivity index (χ4n) is 2.20. The van der Waals surface area contributed by atoms with Crippen LogP contribution in [0.1, 0.15) is 41.0 Å². The lowest BCUT2D eigenvalue weighted by Gasteiger charge is -2.39. The van der Waals surface area contributed by atoms with Gasteiger partial charge in [0.15, 0.2) is 0 Å². The minimum atomic E-state index is -2.57. The number of alkyl halides is 2. The summed E-state index contributed by atoms with van der Waals surface area (Å²) in [5.41, 5.74) is 0.350. The van der Waals surface area contributed by atoms with Crippen molar-refractivity contribution in [2.45, 2.75) is 47.0 Å². The minimum absolute atomic E-state index is 0.0985. The summed E-state index contributed by atoms with van der Waals surface area (Å²) < 4.78 is 25.8. The third-order valence-corrected chi connectivity index (χ3v) is 3.86. The standard InChI is InChI=1S/C12H23F2N/c1-10(2,3)11(4)6-7-15(8-11)9-12(5,13)14/h6-9H2,1-5H3. The van der Waals surface area contributed by atoms with E-state index in [0.29, 0.717) is 0 Å². The number of hydrogen-bond donors (Lipinski definition) is 0. The minimum Gasteiger partial charge on any atom is -0.297 e. The van der Waals surface area contributed by atoms with E-state index in [1.165, 1.54) is 0 Å². The van der Waals surface area contributed by atoms with Crippen LogP contribution in [0.5, 0.6) is 0 Å². The number of nitrogens with zero attached hydrogens (tertiary/aromatic N) is 1. The van der Waals surface area contributed by atoms with Crippen LogP contribution in [-0.4, -0.2) is 30.5 Å². The van der Waals surface area contributed by atoms with Crippen molar-refractivity contribution in [2.24, 2.45) is 10.8 Å². The maximum atomic E-state index is 12.9. The van der Waals surface area contributed by atoms with E-state index in [9.17, 15) is 8.78 Å². The highest BCUT2D eigenvalue weighted by molar-refractivity contribution is 4.95. The highest BCUT2D eigenvalue weighted by Crippen LogP contribution is 2.45. The summed E-state index contributed by atoms with van der Waals surface area (Å²) >= 11 is 0. The average Bonchev–Trinajstić information content (AvgIpc) is 2.27. The molecule has 1 unspecified atom stereocenters. The Hall–Kier alpha value is -0.180. The molecule has 90 valence electrons. The van der Waals surface area contributed by atoms with Crippen LogP contribution in [0.25, 0.3) is 0 Å². The molecular formula is C12H23F2N. The van der Waals surface area contributed by atoms with Crippen molar-refractivity contribution in [3.8, 4) is 0 Å². The summed E-state index contributed by atoms with van der Waals surface area (Å²) in [5.74, 6) is -2.57. The molecule has 0 aromatic rings. The van der Waals surface area contributed by atoms with Gasteiger partial charge in [0.25, 0.3) is 5.92 Å². The highest BCUT2D eigenvalue weighted by atomic mass is 19.3. The maximum Gasteiger partial charge on any atom is 0.257 e. The Morgan fingerprint density at radius 3 is 2.07 bits per heavy atom. The van der Waals surface area contributed by atoms with Crippen LogP contribution >= 0.6 is 0 Å². The topological polar surface area (TPSA) is 3.24 Å². The largest absolute Gasteiger partial charge is 0.297 e. The van der Waals surface area contributed by atoms with Gasteiger partial charge in [-0.25, -0.2) is 8.78 Å². The lowest BCUT2D eigenvalue weighted by atomic mass is 9.67. The number of likely N-dealkylation sites (tertiary alicyclic amines) is 1. The van der Waals surface area contributed by atoms with E-state index >= 15 is 0 Å². The van der Waals surface area contributed by atoms with Gasteiger partial charge < -0.3 is 0 Å². The Morgan fingerprint density at radius 1 is 1.20 bits per heavy atom. The molecule has 0 aromatic carbocycles. The Balaban J connectivity index is 2.60. The van der Waals surface area contributed by atoms with Gasteiger partial charge >= 0.3 is 0 Å². The van der Waals surface area contributed by atoms with Crippen LogP contribution in [-0.2, 0) is 0 Å². The molecule has 1 aliphatic rings. The van der Waals surface area contributed by atoms with Crippen molar-refractivity contribution >= 4 is 0 Å². The van der Waals surface area contributed by atoms with Gasteiger partial charge in [-0.05, 0) is 23.8 Å². The zero-order valence-corrected chi connectivity index (χ0v) is 10.5. The van der Waals surface area contributed by atoms with Crippen LogP contribution in [0.3, 0.4) is 0 Å². The third-order valence-electron chi connectivity index (χ3n) is 3.86. The molecule has 1 aliphatic heterocycles. The van der Waals surface area contributed by atoms with E-state index < -0.39 is 5.92 Å². The normalized spacial score (nSPS) is 29.8. The summed E-state index contributed by atoms with van der Waals surface area (Å²) in [4.78, 5) is 1.89. The zero-order chi connectivity index (χ0) is 11.9. The predicted molar refractivity (Wildman–Crippen MR) is 59.2 cm³/mol. The highest BCUT2D eigenvalue weighted by Gasteiger charge is 2.44. The molecule has 1 atom stereocenters.